The van der Waals surface area contributed by atoms with Gasteiger partial charge in [0.25, 0.3) is 11.5 Å². The molecule has 1 amide bonds. The van der Waals surface area contributed by atoms with Gasteiger partial charge in [-0.1, -0.05) is 0 Å². The third kappa shape index (κ3) is 5.32. The lowest BCUT2D eigenvalue weighted by Crippen LogP contribution is -2.43. The molecular weight excluding hydrogens is 492 g/mol. The predicted octanol–water partition coefficient (Wildman–Crippen LogP) is 3.21. The number of pyridine rings is 2. The molecule has 1 aliphatic heterocycles. The topological polar surface area (TPSA) is 115 Å². The summed E-state index contributed by atoms with van der Waals surface area (Å²) in [4.78, 5) is 36.0. The van der Waals surface area contributed by atoms with Crippen LogP contribution in [0.2, 0.25) is 0 Å². The van der Waals surface area contributed by atoms with Crippen LogP contribution in [0.1, 0.15) is 45.7 Å². The molecule has 9 nitrogen and oxygen atoms in total. The molecule has 39 heavy (non-hydrogen) atoms. The zero-order valence-corrected chi connectivity index (χ0v) is 23.0. The molecule has 4 heterocycles. The number of nitrogens with one attached hydrogen (secondary N) is 3. The number of benzene rings is 1. The van der Waals surface area contributed by atoms with Crippen molar-refractivity contribution in [3.8, 4) is 11.1 Å². The van der Waals surface area contributed by atoms with E-state index in [0.29, 0.717) is 11.1 Å². The molecule has 0 saturated carbocycles. The van der Waals surface area contributed by atoms with E-state index < -0.39 is 0 Å². The summed E-state index contributed by atoms with van der Waals surface area (Å²) in [6.07, 6.45) is 3.83. The maximum Gasteiger partial charge on any atom is 0.253 e. The molecule has 9 heteroatoms. The number of H-pyrrole nitrogens is 1. The van der Waals surface area contributed by atoms with E-state index in [-0.39, 0.29) is 30.7 Å². The number of carbonyl (C=O) groups excluding carboxylic acids is 1. The first kappa shape index (κ1) is 26.6. The van der Waals surface area contributed by atoms with Crippen LogP contribution in [0.15, 0.2) is 47.5 Å². The quantitative estimate of drug-likeness (QED) is 0.293. The van der Waals surface area contributed by atoms with Crippen molar-refractivity contribution in [2.75, 3.05) is 37.7 Å². The number of piperazine rings is 1. The van der Waals surface area contributed by atoms with Crippen LogP contribution in [0.5, 0.6) is 0 Å². The van der Waals surface area contributed by atoms with Crippen LogP contribution in [0, 0.1) is 20.8 Å². The normalized spacial score (nSPS) is 14.5. The minimum atomic E-state index is -0.260. The SMILES string of the molecule is Cc1cc(C)c(CNC(=O)c2cc(-c3ccc(N4CCNCC4)nc3)cc3c2c(C)cn3C(C)CO)c(=O)[nH]1. The Morgan fingerprint density at radius 2 is 1.87 bits per heavy atom. The summed E-state index contributed by atoms with van der Waals surface area (Å²) in [5.74, 6) is 0.676. The van der Waals surface area contributed by atoms with Gasteiger partial charge in [0.1, 0.15) is 5.82 Å². The minimum Gasteiger partial charge on any atom is -0.394 e. The number of carbonyl (C=O) groups is 1. The molecule has 0 radical (unpaired) electrons. The van der Waals surface area contributed by atoms with Crippen LogP contribution < -0.4 is 21.1 Å². The molecule has 1 fully saturated rings. The molecule has 1 aromatic carbocycles. The van der Waals surface area contributed by atoms with E-state index in [1.807, 2.05) is 68.9 Å². The minimum absolute atomic E-state index is 0.0224. The van der Waals surface area contributed by atoms with Crippen LogP contribution in [0.3, 0.4) is 0 Å². The lowest BCUT2D eigenvalue weighted by molar-refractivity contribution is 0.0952. The molecular formula is C30H36N6O3. The fourth-order valence-corrected chi connectivity index (χ4v) is 5.39. The van der Waals surface area contributed by atoms with Crippen molar-refractivity contribution in [2.45, 2.75) is 40.3 Å². The van der Waals surface area contributed by atoms with Crippen LogP contribution in [-0.2, 0) is 6.54 Å². The molecule has 4 aromatic rings. The van der Waals surface area contributed by atoms with Gasteiger partial charge in [-0.2, -0.15) is 0 Å². The molecule has 0 spiro atoms. The molecule has 3 aromatic heterocycles. The molecule has 4 N–H and O–H groups in total. The van der Waals surface area contributed by atoms with Gasteiger partial charge < -0.3 is 30.2 Å². The second-order valence-electron chi connectivity index (χ2n) is 10.4. The summed E-state index contributed by atoms with van der Waals surface area (Å²) < 4.78 is 2.02. The highest BCUT2D eigenvalue weighted by Gasteiger charge is 2.21. The van der Waals surface area contributed by atoms with E-state index in [2.05, 4.69) is 26.6 Å². The number of aliphatic hydroxyl groups is 1. The standard InChI is InChI=1S/C30H36N6O3/c1-18-11-20(3)34-30(39)25(18)15-33-29(38)24-12-23(13-26-28(24)19(2)16-36(26)21(4)17-37)22-5-6-27(32-14-22)35-9-7-31-8-10-35/h5-6,11-14,16,21,31,37H,7-10,15,17H2,1-4H3,(H,33,38)(H,34,39). The van der Waals surface area contributed by atoms with E-state index in [1.54, 1.807) is 0 Å². The largest absolute Gasteiger partial charge is 0.394 e. The predicted molar refractivity (Wildman–Crippen MR) is 154 cm³/mol. The maximum atomic E-state index is 13.7. The van der Waals surface area contributed by atoms with Gasteiger partial charge in [-0.25, -0.2) is 4.98 Å². The first-order chi connectivity index (χ1) is 18.8. The fraction of sp³-hybridized carbons (Fsp3) is 0.367. The van der Waals surface area contributed by atoms with Gasteiger partial charge in [0, 0.05) is 72.9 Å². The van der Waals surface area contributed by atoms with E-state index in [0.717, 1.165) is 70.8 Å². The number of nitrogens with zero attached hydrogens (tertiary/aromatic N) is 3. The lowest BCUT2D eigenvalue weighted by atomic mass is 9.98. The van der Waals surface area contributed by atoms with Crippen molar-refractivity contribution < 1.29 is 9.90 Å². The van der Waals surface area contributed by atoms with Crippen LogP contribution >= 0.6 is 0 Å². The summed E-state index contributed by atoms with van der Waals surface area (Å²) >= 11 is 0. The van der Waals surface area contributed by atoms with Gasteiger partial charge in [0.2, 0.25) is 0 Å². The number of aromatic amines is 1. The van der Waals surface area contributed by atoms with Gasteiger partial charge in [-0.05, 0) is 74.7 Å². The maximum absolute atomic E-state index is 13.7. The molecule has 1 aliphatic rings. The van der Waals surface area contributed by atoms with Crippen molar-refractivity contribution >= 4 is 22.6 Å². The zero-order chi connectivity index (χ0) is 27.7. The Morgan fingerprint density at radius 1 is 1.10 bits per heavy atom. The van der Waals surface area contributed by atoms with Crippen molar-refractivity contribution in [1.29, 1.82) is 0 Å². The number of rotatable bonds is 7. The number of aromatic nitrogens is 3. The second-order valence-corrected chi connectivity index (χ2v) is 10.4. The number of hydrogen-bond acceptors (Lipinski definition) is 6. The summed E-state index contributed by atoms with van der Waals surface area (Å²) in [7, 11) is 0. The van der Waals surface area contributed by atoms with E-state index in [9.17, 15) is 14.7 Å². The van der Waals surface area contributed by atoms with E-state index in [4.69, 9.17) is 4.98 Å². The monoisotopic (exact) mass is 528 g/mol. The smallest absolute Gasteiger partial charge is 0.253 e. The molecule has 0 bridgehead atoms. The first-order valence-electron chi connectivity index (χ1n) is 13.4. The molecule has 204 valence electrons. The van der Waals surface area contributed by atoms with Gasteiger partial charge in [-0.15, -0.1) is 0 Å². The lowest BCUT2D eigenvalue weighted by Gasteiger charge is -2.28. The Bertz CT molecular complexity index is 1560. The molecule has 1 saturated heterocycles. The second kappa shape index (κ2) is 11.0. The Morgan fingerprint density at radius 3 is 2.54 bits per heavy atom. The van der Waals surface area contributed by atoms with Crippen LogP contribution in [0.4, 0.5) is 5.82 Å². The number of aryl methyl sites for hydroxylation is 3. The summed E-state index contributed by atoms with van der Waals surface area (Å²) in [5.41, 5.74) is 6.07. The van der Waals surface area contributed by atoms with Crippen LogP contribution in [0.25, 0.3) is 22.0 Å². The average Bonchev–Trinajstić information content (AvgIpc) is 3.28. The Balaban J connectivity index is 1.54. The first-order valence-corrected chi connectivity index (χ1v) is 13.4. The summed E-state index contributed by atoms with van der Waals surface area (Å²) in [6.45, 7) is 11.4. The van der Waals surface area contributed by atoms with Crippen molar-refractivity contribution in [3.63, 3.8) is 0 Å². The highest BCUT2D eigenvalue weighted by Crippen LogP contribution is 2.33. The number of aliphatic hydroxyl groups excluding tert-OH is 1. The Labute approximate surface area is 227 Å². The highest BCUT2D eigenvalue weighted by atomic mass is 16.3. The van der Waals surface area contributed by atoms with Crippen molar-refractivity contribution in [1.82, 2.24) is 25.2 Å². The molecule has 1 atom stereocenters. The zero-order valence-electron chi connectivity index (χ0n) is 23.0. The van der Waals surface area contributed by atoms with Crippen LogP contribution in [-0.4, -0.2) is 58.3 Å². The average molecular weight is 529 g/mol. The van der Waals surface area contributed by atoms with Crippen molar-refractivity contribution in [2.24, 2.45) is 0 Å². The third-order valence-corrected chi connectivity index (χ3v) is 7.55. The third-order valence-electron chi connectivity index (χ3n) is 7.55. The number of hydrogen-bond donors (Lipinski definition) is 4. The summed E-state index contributed by atoms with van der Waals surface area (Å²) in [6, 6.07) is 9.76. The Hall–Kier alpha value is -3.95. The molecule has 1 unspecified atom stereocenters. The van der Waals surface area contributed by atoms with E-state index >= 15 is 0 Å². The summed E-state index contributed by atoms with van der Waals surface area (Å²) in [5, 5.41) is 17.1. The molecule has 0 aliphatic carbocycles. The van der Waals surface area contributed by atoms with E-state index in [1.165, 1.54) is 0 Å². The Kier molecular flexibility index (Phi) is 7.54. The van der Waals surface area contributed by atoms with Gasteiger partial charge >= 0.3 is 0 Å². The van der Waals surface area contributed by atoms with Gasteiger partial charge in [-0.3, -0.25) is 9.59 Å². The number of amides is 1. The van der Waals surface area contributed by atoms with Gasteiger partial charge in [0.15, 0.2) is 0 Å². The fourth-order valence-electron chi connectivity index (χ4n) is 5.39. The molecule has 5 rings (SSSR count). The number of anilines is 1. The number of fused-ring (bicyclic) bond motifs is 1. The van der Waals surface area contributed by atoms with Crippen molar-refractivity contribution in [3.05, 3.63) is 81.0 Å². The highest BCUT2D eigenvalue weighted by molar-refractivity contribution is 6.09. The van der Waals surface area contributed by atoms with Gasteiger partial charge in [0.05, 0.1) is 18.2 Å².